The number of aromatic nitrogens is 5. The van der Waals surface area contributed by atoms with Crippen molar-refractivity contribution in [1.29, 1.82) is 0 Å². The van der Waals surface area contributed by atoms with Crippen LogP contribution in [-0.2, 0) is 0 Å². The average molecular weight is 638 g/mol. The fourth-order valence-corrected chi connectivity index (χ4v) is 7.05. The van der Waals surface area contributed by atoms with E-state index in [1.807, 2.05) is 48.9 Å². The Bertz CT molecular complexity index is 2930. The Hall–Kier alpha value is -6.85. The van der Waals surface area contributed by atoms with E-state index in [-0.39, 0.29) is 0 Å². The highest BCUT2D eigenvalue weighted by molar-refractivity contribution is 6.08. The van der Waals surface area contributed by atoms with Crippen molar-refractivity contribution in [3.63, 3.8) is 0 Å². The van der Waals surface area contributed by atoms with Gasteiger partial charge in [-0.15, -0.1) is 0 Å². The molecule has 5 heterocycles. The summed E-state index contributed by atoms with van der Waals surface area (Å²) in [5.41, 5.74) is 13.2. The van der Waals surface area contributed by atoms with Crippen LogP contribution in [0.2, 0.25) is 0 Å². The van der Waals surface area contributed by atoms with E-state index in [2.05, 4.69) is 130 Å². The topological polar surface area (TPSA) is 64.5 Å². The molecule has 0 aliphatic heterocycles. The van der Waals surface area contributed by atoms with E-state index in [0.29, 0.717) is 0 Å². The lowest BCUT2D eigenvalue weighted by Crippen LogP contribution is -1.90. The van der Waals surface area contributed by atoms with Gasteiger partial charge < -0.3 is 0 Å². The highest BCUT2D eigenvalue weighted by Gasteiger charge is 2.11. The van der Waals surface area contributed by atoms with Gasteiger partial charge >= 0.3 is 0 Å². The first-order valence-corrected chi connectivity index (χ1v) is 16.6. The van der Waals surface area contributed by atoms with Crippen LogP contribution in [0.1, 0.15) is 0 Å². The Kier molecular flexibility index (Phi) is 6.42. The lowest BCUT2D eigenvalue weighted by molar-refractivity contribution is 1.36. The molecule has 0 aliphatic carbocycles. The van der Waals surface area contributed by atoms with Crippen LogP contribution in [0.15, 0.2) is 164 Å². The van der Waals surface area contributed by atoms with Crippen molar-refractivity contribution in [1.82, 2.24) is 24.9 Å². The fourth-order valence-electron chi connectivity index (χ4n) is 7.05. The monoisotopic (exact) mass is 637 g/mol. The summed E-state index contributed by atoms with van der Waals surface area (Å²) in [5, 5.41) is 5.47. The van der Waals surface area contributed by atoms with Gasteiger partial charge in [0.1, 0.15) is 0 Å². The minimum absolute atomic E-state index is 0.917. The lowest BCUT2D eigenvalue weighted by atomic mass is 9.97. The van der Waals surface area contributed by atoms with Crippen molar-refractivity contribution in [3.05, 3.63) is 164 Å². The van der Waals surface area contributed by atoms with Crippen molar-refractivity contribution >= 4 is 54.5 Å². The van der Waals surface area contributed by atoms with Crippen LogP contribution in [0.5, 0.6) is 0 Å². The van der Waals surface area contributed by atoms with Gasteiger partial charge in [-0.3, -0.25) is 15.0 Å². The molecule has 0 saturated heterocycles. The van der Waals surface area contributed by atoms with Crippen LogP contribution in [0, 0.1) is 0 Å². The summed E-state index contributed by atoms with van der Waals surface area (Å²) >= 11 is 0. The first-order valence-electron chi connectivity index (χ1n) is 16.6. The van der Waals surface area contributed by atoms with Gasteiger partial charge in [0.2, 0.25) is 0 Å². The molecule has 10 rings (SSSR count). The quantitative estimate of drug-likeness (QED) is 0.180. The summed E-state index contributed by atoms with van der Waals surface area (Å²) in [4.78, 5) is 24.1. The van der Waals surface area contributed by atoms with Crippen molar-refractivity contribution in [3.8, 4) is 44.8 Å². The molecule has 0 amide bonds. The number of hydrogen-bond acceptors (Lipinski definition) is 5. The standard InChI is InChI=1S/C45H27N5/c1-2-6-40-36(5-1)37(22-24-46-40)41-20-17-31-12-14-34(27-43(31)50-41)39-19-16-30-11-13-33(26-42(30)49-39)28-7-9-29(10-8-28)35-21-25-48-45-38(35)18-15-32-4-3-23-47-44(32)45/h1-27H. The molecule has 0 unspecified atom stereocenters. The molecule has 0 bridgehead atoms. The van der Waals surface area contributed by atoms with Crippen LogP contribution >= 0.6 is 0 Å². The third-order valence-corrected chi connectivity index (χ3v) is 9.62. The van der Waals surface area contributed by atoms with E-state index in [4.69, 9.17) is 9.97 Å². The fraction of sp³-hybridized carbons (Fsp3) is 0. The Morgan fingerprint density at radius 1 is 0.320 bits per heavy atom. The Morgan fingerprint density at radius 2 is 0.960 bits per heavy atom. The molecule has 5 nitrogen and oxygen atoms in total. The maximum absolute atomic E-state index is 5.14. The zero-order valence-corrected chi connectivity index (χ0v) is 26.8. The van der Waals surface area contributed by atoms with Crippen LogP contribution in [0.4, 0.5) is 0 Å². The molecule has 0 atom stereocenters. The van der Waals surface area contributed by atoms with Crippen LogP contribution < -0.4 is 0 Å². The van der Waals surface area contributed by atoms with Crippen molar-refractivity contribution in [2.75, 3.05) is 0 Å². The van der Waals surface area contributed by atoms with E-state index >= 15 is 0 Å². The summed E-state index contributed by atoms with van der Waals surface area (Å²) in [5.74, 6) is 0. The molecule has 0 N–H and O–H groups in total. The van der Waals surface area contributed by atoms with E-state index in [0.717, 1.165) is 99.3 Å². The number of para-hydroxylation sites is 1. The molecule has 5 aromatic carbocycles. The Balaban J connectivity index is 0.987. The molecule has 0 radical (unpaired) electrons. The second-order valence-corrected chi connectivity index (χ2v) is 12.6. The molecule has 5 heteroatoms. The molecule has 50 heavy (non-hydrogen) atoms. The minimum Gasteiger partial charge on any atom is -0.256 e. The second-order valence-electron chi connectivity index (χ2n) is 12.6. The molecule has 232 valence electrons. The molecular formula is C45H27N5. The summed E-state index contributed by atoms with van der Waals surface area (Å²) in [6.07, 6.45) is 5.55. The van der Waals surface area contributed by atoms with Gasteiger partial charge in [-0.2, -0.15) is 0 Å². The van der Waals surface area contributed by atoms with E-state index in [1.54, 1.807) is 0 Å². The maximum atomic E-state index is 5.14. The summed E-state index contributed by atoms with van der Waals surface area (Å²) in [6.45, 7) is 0. The number of rotatable bonds is 4. The van der Waals surface area contributed by atoms with Gasteiger partial charge in [0.15, 0.2) is 0 Å². The van der Waals surface area contributed by atoms with Crippen molar-refractivity contribution < 1.29 is 0 Å². The zero-order valence-electron chi connectivity index (χ0n) is 26.8. The predicted molar refractivity (Wildman–Crippen MR) is 205 cm³/mol. The molecule has 5 aromatic heterocycles. The van der Waals surface area contributed by atoms with Crippen LogP contribution in [0.3, 0.4) is 0 Å². The molecule has 10 aromatic rings. The Labute approximate surface area is 287 Å². The summed E-state index contributed by atoms with van der Waals surface area (Å²) in [6, 6.07) is 50.7. The first kappa shape index (κ1) is 28.2. The van der Waals surface area contributed by atoms with Crippen LogP contribution in [-0.4, -0.2) is 24.9 Å². The van der Waals surface area contributed by atoms with Crippen molar-refractivity contribution in [2.24, 2.45) is 0 Å². The average Bonchev–Trinajstić information content (AvgIpc) is 3.19. The number of nitrogens with zero attached hydrogens (tertiary/aromatic N) is 5. The zero-order chi connectivity index (χ0) is 33.0. The van der Waals surface area contributed by atoms with E-state index < -0.39 is 0 Å². The lowest BCUT2D eigenvalue weighted by Gasteiger charge is -2.10. The van der Waals surface area contributed by atoms with Gasteiger partial charge in [0.05, 0.1) is 39.0 Å². The molecule has 0 saturated carbocycles. The highest BCUT2D eigenvalue weighted by atomic mass is 14.7. The van der Waals surface area contributed by atoms with Crippen LogP contribution in [0.25, 0.3) is 99.3 Å². The maximum Gasteiger partial charge on any atom is 0.0970 e. The minimum atomic E-state index is 0.917. The van der Waals surface area contributed by atoms with Crippen molar-refractivity contribution in [2.45, 2.75) is 0 Å². The molecule has 0 spiro atoms. The highest BCUT2D eigenvalue weighted by Crippen LogP contribution is 2.34. The SMILES string of the molecule is c1cnc2c(c1)ccc1c(-c3ccc(-c4ccc5ccc(-c6ccc7ccc(-c8ccnc9ccccc89)nc7c6)nc5c4)cc3)ccnc12. The summed E-state index contributed by atoms with van der Waals surface area (Å²) < 4.78 is 0. The van der Waals surface area contributed by atoms with Gasteiger partial charge in [-0.1, -0.05) is 97.1 Å². The molecule has 0 fully saturated rings. The number of fused-ring (bicyclic) bond motifs is 6. The number of benzene rings is 5. The third kappa shape index (κ3) is 4.75. The number of hydrogen-bond donors (Lipinski definition) is 0. The first-order chi connectivity index (χ1) is 24.7. The summed E-state index contributed by atoms with van der Waals surface area (Å²) in [7, 11) is 0. The smallest absolute Gasteiger partial charge is 0.0970 e. The van der Waals surface area contributed by atoms with Gasteiger partial charge in [-0.05, 0) is 70.8 Å². The largest absolute Gasteiger partial charge is 0.256 e. The molecule has 0 aliphatic rings. The number of pyridine rings is 5. The predicted octanol–water partition coefficient (Wildman–Crippen LogP) is 11.1. The third-order valence-electron chi connectivity index (χ3n) is 9.62. The second kappa shape index (κ2) is 11.4. The molecular weight excluding hydrogens is 611 g/mol. The Morgan fingerprint density at radius 3 is 1.84 bits per heavy atom. The van der Waals surface area contributed by atoms with Gasteiger partial charge in [0.25, 0.3) is 0 Å². The van der Waals surface area contributed by atoms with E-state index in [9.17, 15) is 0 Å². The van der Waals surface area contributed by atoms with Gasteiger partial charge in [-0.25, -0.2) is 9.97 Å². The normalized spacial score (nSPS) is 11.6. The van der Waals surface area contributed by atoms with Gasteiger partial charge in [0, 0.05) is 56.6 Å². The van der Waals surface area contributed by atoms with E-state index in [1.165, 1.54) is 0 Å².